The lowest BCUT2D eigenvalue weighted by molar-refractivity contribution is -0.121. The summed E-state index contributed by atoms with van der Waals surface area (Å²) in [5.74, 6) is 0.756. The number of ether oxygens (including phenoxy) is 1. The summed E-state index contributed by atoms with van der Waals surface area (Å²) in [6, 6.07) is 15.8. The molecule has 134 valence electrons. The van der Waals surface area contributed by atoms with E-state index in [0.29, 0.717) is 19.6 Å². The highest BCUT2D eigenvalue weighted by Crippen LogP contribution is 2.16. The Morgan fingerprint density at radius 3 is 2.69 bits per heavy atom. The molecule has 2 aromatic carbocycles. The summed E-state index contributed by atoms with van der Waals surface area (Å²) >= 11 is 0. The van der Waals surface area contributed by atoms with Crippen molar-refractivity contribution in [2.24, 2.45) is 0 Å². The Hall–Kier alpha value is -3.08. The molecule has 0 aliphatic rings. The van der Waals surface area contributed by atoms with Gasteiger partial charge in [0, 0.05) is 18.3 Å². The highest BCUT2D eigenvalue weighted by atomic mass is 16.5. The first-order chi connectivity index (χ1) is 12.6. The van der Waals surface area contributed by atoms with Crippen LogP contribution < -0.4 is 10.1 Å². The third-order valence-corrected chi connectivity index (χ3v) is 4.22. The monoisotopic (exact) mass is 349 g/mol. The maximum atomic E-state index is 12.0. The van der Waals surface area contributed by atoms with Gasteiger partial charge in [-0.3, -0.25) is 4.79 Å². The van der Waals surface area contributed by atoms with E-state index in [1.54, 1.807) is 10.9 Å². The van der Waals surface area contributed by atoms with Crippen molar-refractivity contribution in [3.05, 3.63) is 77.6 Å². The highest BCUT2D eigenvalue weighted by molar-refractivity contribution is 5.75. The molecule has 0 aliphatic heterocycles. The fourth-order valence-corrected chi connectivity index (χ4v) is 2.53. The normalized spacial score (nSPS) is 10.5. The van der Waals surface area contributed by atoms with Crippen molar-refractivity contribution in [1.29, 1.82) is 0 Å². The van der Waals surface area contributed by atoms with Crippen LogP contribution in [0.5, 0.6) is 5.75 Å². The standard InChI is InChI=1S/C21H23N3O2/c1-16-8-9-20(12-17(16)2)26-11-10-21(25)22-13-18-14-23-24(15-18)19-6-4-3-5-7-19/h3-9,12,14-15H,10-11,13H2,1-2H3,(H,22,25). The number of benzene rings is 2. The van der Waals surface area contributed by atoms with Gasteiger partial charge in [-0.2, -0.15) is 5.10 Å². The molecule has 5 nitrogen and oxygen atoms in total. The summed E-state index contributed by atoms with van der Waals surface area (Å²) < 4.78 is 7.45. The zero-order valence-corrected chi connectivity index (χ0v) is 15.1. The number of aromatic nitrogens is 2. The van der Waals surface area contributed by atoms with Gasteiger partial charge in [-0.25, -0.2) is 4.68 Å². The van der Waals surface area contributed by atoms with Crippen LogP contribution in [0.15, 0.2) is 60.9 Å². The van der Waals surface area contributed by atoms with Crippen molar-refractivity contribution in [2.75, 3.05) is 6.61 Å². The third kappa shape index (κ3) is 4.72. The van der Waals surface area contributed by atoms with Gasteiger partial charge in [0.25, 0.3) is 0 Å². The van der Waals surface area contributed by atoms with Crippen molar-refractivity contribution < 1.29 is 9.53 Å². The first-order valence-electron chi connectivity index (χ1n) is 8.67. The molecule has 0 fully saturated rings. The Morgan fingerprint density at radius 1 is 1.12 bits per heavy atom. The highest BCUT2D eigenvalue weighted by Gasteiger charge is 2.05. The molecule has 0 bridgehead atoms. The van der Waals surface area contributed by atoms with Crippen molar-refractivity contribution >= 4 is 5.91 Å². The predicted octanol–water partition coefficient (Wildman–Crippen LogP) is 3.57. The summed E-state index contributed by atoms with van der Waals surface area (Å²) in [4.78, 5) is 12.0. The van der Waals surface area contributed by atoms with Gasteiger partial charge in [-0.05, 0) is 49.2 Å². The Balaban J connectivity index is 1.43. The van der Waals surface area contributed by atoms with Crippen LogP contribution in [0.25, 0.3) is 5.69 Å². The SMILES string of the molecule is Cc1ccc(OCCC(=O)NCc2cnn(-c3ccccc3)c2)cc1C. The lowest BCUT2D eigenvalue weighted by atomic mass is 10.1. The molecule has 0 unspecified atom stereocenters. The molecule has 0 aliphatic carbocycles. The van der Waals surface area contributed by atoms with E-state index in [2.05, 4.69) is 17.3 Å². The largest absolute Gasteiger partial charge is 0.493 e. The molecule has 3 aromatic rings. The van der Waals surface area contributed by atoms with E-state index >= 15 is 0 Å². The number of carbonyl (C=O) groups excluding carboxylic acids is 1. The minimum absolute atomic E-state index is 0.0405. The Morgan fingerprint density at radius 2 is 1.92 bits per heavy atom. The van der Waals surface area contributed by atoms with Gasteiger partial charge in [0.15, 0.2) is 0 Å². The number of carbonyl (C=O) groups is 1. The van der Waals surface area contributed by atoms with Gasteiger partial charge < -0.3 is 10.1 Å². The minimum Gasteiger partial charge on any atom is -0.493 e. The van der Waals surface area contributed by atoms with Crippen LogP contribution in [-0.2, 0) is 11.3 Å². The second-order valence-corrected chi connectivity index (χ2v) is 6.25. The maximum Gasteiger partial charge on any atom is 0.223 e. The van der Waals surface area contributed by atoms with E-state index in [4.69, 9.17) is 4.74 Å². The zero-order valence-electron chi connectivity index (χ0n) is 15.1. The molecule has 0 spiro atoms. The Labute approximate surface area is 153 Å². The molecule has 1 amide bonds. The van der Waals surface area contributed by atoms with Crippen LogP contribution in [0.1, 0.15) is 23.1 Å². The predicted molar refractivity (Wildman–Crippen MR) is 101 cm³/mol. The van der Waals surface area contributed by atoms with Crippen LogP contribution in [0, 0.1) is 13.8 Å². The molecule has 1 N–H and O–H groups in total. The van der Waals surface area contributed by atoms with Crippen LogP contribution >= 0.6 is 0 Å². The van der Waals surface area contributed by atoms with Crippen molar-refractivity contribution in [2.45, 2.75) is 26.8 Å². The number of aryl methyl sites for hydroxylation is 2. The van der Waals surface area contributed by atoms with E-state index in [1.807, 2.05) is 61.7 Å². The van der Waals surface area contributed by atoms with E-state index in [0.717, 1.165) is 17.0 Å². The van der Waals surface area contributed by atoms with E-state index in [1.165, 1.54) is 11.1 Å². The number of nitrogens with zero attached hydrogens (tertiary/aromatic N) is 2. The third-order valence-electron chi connectivity index (χ3n) is 4.22. The second-order valence-electron chi connectivity index (χ2n) is 6.25. The average molecular weight is 349 g/mol. The van der Waals surface area contributed by atoms with Crippen molar-refractivity contribution in [1.82, 2.24) is 15.1 Å². The second kappa shape index (κ2) is 8.34. The molecule has 0 atom stereocenters. The lowest BCUT2D eigenvalue weighted by Gasteiger charge is -2.08. The molecule has 0 saturated heterocycles. The summed E-state index contributed by atoms with van der Waals surface area (Å²) in [6.45, 7) is 4.92. The molecule has 3 rings (SSSR count). The molecule has 1 aromatic heterocycles. The van der Waals surface area contributed by atoms with Gasteiger partial charge >= 0.3 is 0 Å². The Bertz CT molecular complexity index is 872. The maximum absolute atomic E-state index is 12.0. The quantitative estimate of drug-likeness (QED) is 0.709. The van der Waals surface area contributed by atoms with Gasteiger partial charge in [-0.1, -0.05) is 24.3 Å². The summed E-state index contributed by atoms with van der Waals surface area (Å²) in [5.41, 5.74) is 4.36. The molecular weight excluding hydrogens is 326 g/mol. The number of hydrogen-bond acceptors (Lipinski definition) is 3. The topological polar surface area (TPSA) is 56.1 Å². The van der Waals surface area contributed by atoms with Crippen LogP contribution in [0.2, 0.25) is 0 Å². The fourth-order valence-electron chi connectivity index (χ4n) is 2.53. The lowest BCUT2D eigenvalue weighted by Crippen LogP contribution is -2.24. The van der Waals surface area contributed by atoms with E-state index in [9.17, 15) is 4.79 Å². The van der Waals surface area contributed by atoms with Gasteiger partial charge in [0.1, 0.15) is 5.75 Å². The number of hydrogen-bond donors (Lipinski definition) is 1. The van der Waals surface area contributed by atoms with Gasteiger partial charge in [0.2, 0.25) is 5.91 Å². The van der Waals surface area contributed by atoms with Gasteiger partial charge in [0.05, 0.1) is 24.9 Å². The van der Waals surface area contributed by atoms with Crippen LogP contribution in [0.4, 0.5) is 0 Å². The summed E-state index contributed by atoms with van der Waals surface area (Å²) in [7, 11) is 0. The Kier molecular flexibility index (Phi) is 5.69. The molecule has 0 radical (unpaired) electrons. The number of nitrogens with one attached hydrogen (secondary N) is 1. The first-order valence-corrected chi connectivity index (χ1v) is 8.67. The van der Waals surface area contributed by atoms with Crippen molar-refractivity contribution in [3.63, 3.8) is 0 Å². The minimum atomic E-state index is -0.0405. The van der Waals surface area contributed by atoms with E-state index < -0.39 is 0 Å². The molecule has 5 heteroatoms. The zero-order chi connectivity index (χ0) is 18.4. The average Bonchev–Trinajstić information content (AvgIpc) is 3.13. The molecular formula is C21H23N3O2. The van der Waals surface area contributed by atoms with E-state index in [-0.39, 0.29) is 5.91 Å². The summed E-state index contributed by atoms with van der Waals surface area (Å²) in [6.07, 6.45) is 4.00. The van der Waals surface area contributed by atoms with Crippen LogP contribution in [-0.4, -0.2) is 22.3 Å². The molecule has 1 heterocycles. The fraction of sp³-hybridized carbons (Fsp3) is 0.238. The number of para-hydroxylation sites is 1. The molecule has 0 saturated carbocycles. The molecule has 26 heavy (non-hydrogen) atoms. The first kappa shape index (κ1) is 17.7. The number of amides is 1. The smallest absolute Gasteiger partial charge is 0.223 e. The van der Waals surface area contributed by atoms with Gasteiger partial charge in [-0.15, -0.1) is 0 Å². The number of rotatable bonds is 7. The summed E-state index contributed by atoms with van der Waals surface area (Å²) in [5, 5.41) is 7.22. The van der Waals surface area contributed by atoms with Crippen molar-refractivity contribution in [3.8, 4) is 11.4 Å². The van der Waals surface area contributed by atoms with Crippen LogP contribution in [0.3, 0.4) is 0 Å².